The molecule has 0 unspecified atom stereocenters. The number of carbonyl (C=O) groups is 1. The lowest BCUT2D eigenvalue weighted by Crippen LogP contribution is -2.42. The molecule has 5 nitrogen and oxygen atoms in total. The molecule has 22 heavy (non-hydrogen) atoms. The molecule has 1 saturated carbocycles. The molecule has 2 aromatic rings. The fraction of sp³-hybridized carbons (Fsp3) is 0.412. The van der Waals surface area contributed by atoms with Crippen LogP contribution in [0.2, 0.25) is 0 Å². The molecule has 0 radical (unpaired) electrons. The highest BCUT2D eigenvalue weighted by molar-refractivity contribution is 5.82. The van der Waals surface area contributed by atoms with Gasteiger partial charge in [0.2, 0.25) is 0 Å². The third-order valence-electron chi connectivity index (χ3n) is 4.54. The van der Waals surface area contributed by atoms with Crippen molar-refractivity contribution in [3.63, 3.8) is 0 Å². The van der Waals surface area contributed by atoms with E-state index in [4.69, 9.17) is 0 Å². The molecule has 1 aromatic heterocycles. The molecular formula is C17H21N3O2. The maximum Gasteiger partial charge on any atom is 0.314 e. The van der Waals surface area contributed by atoms with Crippen LogP contribution in [0.5, 0.6) is 0 Å². The Bertz CT molecular complexity index is 616. The number of aromatic nitrogens is 2. The summed E-state index contributed by atoms with van der Waals surface area (Å²) in [7, 11) is 0. The van der Waals surface area contributed by atoms with Crippen LogP contribution >= 0.6 is 0 Å². The molecule has 0 spiro atoms. The molecule has 0 aliphatic heterocycles. The van der Waals surface area contributed by atoms with Crippen molar-refractivity contribution in [3.8, 4) is 0 Å². The second kappa shape index (κ2) is 6.22. The average molecular weight is 299 g/mol. The maximum absolute atomic E-state index is 11.5. The van der Waals surface area contributed by atoms with Crippen LogP contribution in [0.4, 0.5) is 5.69 Å². The number of aliphatic carboxylic acids is 1. The molecule has 1 fully saturated rings. The number of carboxylic acids is 1. The zero-order chi connectivity index (χ0) is 15.4. The summed E-state index contributed by atoms with van der Waals surface area (Å²) in [6.45, 7) is 1.81. The van der Waals surface area contributed by atoms with Gasteiger partial charge in [-0.2, -0.15) is 0 Å². The molecule has 3 rings (SSSR count). The molecule has 0 amide bonds. The molecule has 2 N–H and O–H groups in total. The Balaban J connectivity index is 1.52. The minimum atomic E-state index is -0.695. The Kier molecular flexibility index (Phi) is 4.13. The van der Waals surface area contributed by atoms with Crippen molar-refractivity contribution in [2.75, 3.05) is 11.9 Å². The average Bonchev–Trinajstić information content (AvgIpc) is 2.97. The van der Waals surface area contributed by atoms with Crippen molar-refractivity contribution in [3.05, 3.63) is 48.5 Å². The third-order valence-corrected chi connectivity index (χ3v) is 4.54. The van der Waals surface area contributed by atoms with E-state index in [1.165, 1.54) is 0 Å². The highest BCUT2D eigenvalue weighted by Gasteiger charge is 2.45. The summed E-state index contributed by atoms with van der Waals surface area (Å²) >= 11 is 0. The first kappa shape index (κ1) is 14.6. The molecule has 116 valence electrons. The summed E-state index contributed by atoms with van der Waals surface area (Å²) in [5.41, 5.74) is 1.32. The van der Waals surface area contributed by atoms with E-state index in [2.05, 4.69) is 14.9 Å². The summed E-state index contributed by atoms with van der Waals surface area (Å²) in [5, 5.41) is 12.8. The number of anilines is 1. The van der Waals surface area contributed by atoms with Gasteiger partial charge in [-0.3, -0.25) is 4.79 Å². The summed E-state index contributed by atoms with van der Waals surface area (Å²) in [4.78, 5) is 15.5. The minimum Gasteiger partial charge on any atom is -0.481 e. The summed E-state index contributed by atoms with van der Waals surface area (Å²) in [6, 6.07) is 7.86. The summed E-state index contributed by atoms with van der Waals surface area (Å²) in [6.07, 6.45) is 9.07. The van der Waals surface area contributed by atoms with Crippen molar-refractivity contribution < 1.29 is 9.90 Å². The van der Waals surface area contributed by atoms with Crippen molar-refractivity contribution in [1.29, 1.82) is 0 Å². The van der Waals surface area contributed by atoms with Crippen molar-refractivity contribution >= 4 is 11.7 Å². The fourth-order valence-electron chi connectivity index (χ4n) is 2.98. The van der Waals surface area contributed by atoms with Gasteiger partial charge in [0, 0.05) is 31.2 Å². The van der Waals surface area contributed by atoms with Gasteiger partial charge in [-0.15, -0.1) is 0 Å². The van der Waals surface area contributed by atoms with E-state index in [-0.39, 0.29) is 0 Å². The van der Waals surface area contributed by atoms with Crippen LogP contribution in [0.15, 0.2) is 43.0 Å². The molecule has 5 heteroatoms. The number of imidazole rings is 1. The highest BCUT2D eigenvalue weighted by atomic mass is 16.4. The first-order chi connectivity index (χ1) is 10.7. The van der Waals surface area contributed by atoms with Crippen LogP contribution < -0.4 is 5.32 Å². The molecule has 1 aliphatic rings. The number of rotatable bonds is 7. The SMILES string of the molecule is O=C(O)C1(c2ccc(NCCCn3ccnc3)cc2)CCC1. The lowest BCUT2D eigenvalue weighted by atomic mass is 9.64. The van der Waals surface area contributed by atoms with Gasteiger partial charge in [0.25, 0.3) is 0 Å². The zero-order valence-corrected chi connectivity index (χ0v) is 12.5. The quantitative estimate of drug-likeness (QED) is 0.771. The number of hydrogen-bond donors (Lipinski definition) is 2. The Morgan fingerprint density at radius 3 is 2.64 bits per heavy atom. The second-order valence-electron chi connectivity index (χ2n) is 5.90. The Morgan fingerprint density at radius 1 is 1.32 bits per heavy atom. The normalized spacial score (nSPS) is 16.0. The monoisotopic (exact) mass is 299 g/mol. The molecule has 1 aromatic carbocycles. The van der Waals surface area contributed by atoms with E-state index >= 15 is 0 Å². The smallest absolute Gasteiger partial charge is 0.314 e. The van der Waals surface area contributed by atoms with E-state index < -0.39 is 11.4 Å². The molecule has 1 aliphatic carbocycles. The molecule has 0 bridgehead atoms. The highest BCUT2D eigenvalue weighted by Crippen LogP contribution is 2.44. The maximum atomic E-state index is 11.5. The van der Waals surface area contributed by atoms with Crippen LogP contribution in [0.25, 0.3) is 0 Å². The van der Waals surface area contributed by atoms with E-state index in [0.29, 0.717) is 0 Å². The predicted molar refractivity (Wildman–Crippen MR) is 84.9 cm³/mol. The summed E-state index contributed by atoms with van der Waals surface area (Å²) < 4.78 is 2.05. The molecular weight excluding hydrogens is 278 g/mol. The van der Waals surface area contributed by atoms with Gasteiger partial charge in [-0.05, 0) is 37.0 Å². The number of nitrogens with one attached hydrogen (secondary N) is 1. The van der Waals surface area contributed by atoms with Crippen LogP contribution in [0.1, 0.15) is 31.2 Å². The number of carboxylic acid groups (broad SMARTS) is 1. The number of benzene rings is 1. The molecule has 1 heterocycles. The van der Waals surface area contributed by atoms with E-state index in [9.17, 15) is 9.90 Å². The van der Waals surface area contributed by atoms with Gasteiger partial charge in [0.1, 0.15) is 0 Å². The van der Waals surface area contributed by atoms with E-state index in [1.807, 2.05) is 36.8 Å². The lowest BCUT2D eigenvalue weighted by molar-refractivity contribution is -0.147. The number of nitrogens with zero attached hydrogens (tertiary/aromatic N) is 2. The largest absolute Gasteiger partial charge is 0.481 e. The van der Waals surface area contributed by atoms with Gasteiger partial charge >= 0.3 is 5.97 Å². The Labute approximate surface area is 130 Å². The molecule has 0 saturated heterocycles. The van der Waals surface area contributed by atoms with Crippen LogP contribution in [-0.2, 0) is 16.8 Å². The van der Waals surface area contributed by atoms with Gasteiger partial charge < -0.3 is 15.0 Å². The van der Waals surface area contributed by atoms with Gasteiger partial charge in [-0.25, -0.2) is 4.98 Å². The van der Waals surface area contributed by atoms with Crippen molar-refractivity contribution in [2.24, 2.45) is 0 Å². The number of aryl methyl sites for hydroxylation is 1. The topological polar surface area (TPSA) is 67.2 Å². The Morgan fingerprint density at radius 2 is 2.09 bits per heavy atom. The van der Waals surface area contributed by atoms with Crippen molar-refractivity contribution in [2.45, 2.75) is 37.6 Å². The fourth-order valence-corrected chi connectivity index (χ4v) is 2.98. The Hall–Kier alpha value is -2.30. The first-order valence-corrected chi connectivity index (χ1v) is 7.74. The van der Waals surface area contributed by atoms with E-state index in [0.717, 1.165) is 50.0 Å². The van der Waals surface area contributed by atoms with E-state index in [1.54, 1.807) is 6.20 Å². The van der Waals surface area contributed by atoms with Crippen LogP contribution in [-0.4, -0.2) is 27.2 Å². The van der Waals surface area contributed by atoms with Gasteiger partial charge in [-0.1, -0.05) is 18.6 Å². The van der Waals surface area contributed by atoms with Gasteiger partial charge in [0.15, 0.2) is 0 Å². The standard InChI is InChI=1S/C17H21N3O2/c21-16(22)17(7-1-8-17)14-3-5-15(6-4-14)19-9-2-11-20-12-10-18-13-20/h3-6,10,12-13,19H,1-2,7-9,11H2,(H,21,22). The van der Waals surface area contributed by atoms with Crippen LogP contribution in [0.3, 0.4) is 0 Å². The number of hydrogen-bond acceptors (Lipinski definition) is 3. The summed E-state index contributed by atoms with van der Waals surface area (Å²) in [5.74, 6) is -0.695. The predicted octanol–water partition coefficient (Wildman–Crippen LogP) is 2.89. The lowest BCUT2D eigenvalue weighted by Gasteiger charge is -2.38. The molecule has 0 atom stereocenters. The second-order valence-corrected chi connectivity index (χ2v) is 5.90. The van der Waals surface area contributed by atoms with Crippen LogP contribution in [0, 0.1) is 0 Å². The third kappa shape index (κ3) is 2.84. The van der Waals surface area contributed by atoms with Crippen molar-refractivity contribution in [1.82, 2.24) is 9.55 Å². The zero-order valence-electron chi connectivity index (χ0n) is 12.5. The van der Waals surface area contributed by atoms with Gasteiger partial charge in [0.05, 0.1) is 11.7 Å². The first-order valence-electron chi connectivity index (χ1n) is 7.74. The minimum absolute atomic E-state index is 0.639.